The molecule has 1 atom stereocenters. The van der Waals surface area contributed by atoms with Crippen molar-refractivity contribution in [3.05, 3.63) is 46.0 Å². The van der Waals surface area contributed by atoms with E-state index in [1.165, 1.54) is 17.7 Å². The Morgan fingerprint density at radius 1 is 1.31 bits per heavy atom. The van der Waals surface area contributed by atoms with Gasteiger partial charge in [-0.1, -0.05) is 6.07 Å². The summed E-state index contributed by atoms with van der Waals surface area (Å²) in [6.07, 6.45) is 5.48. The smallest absolute Gasteiger partial charge is 0.222 e. The van der Waals surface area contributed by atoms with Crippen LogP contribution in [0.25, 0.3) is 0 Å². The number of rotatable bonds is 6. The van der Waals surface area contributed by atoms with Crippen molar-refractivity contribution >= 4 is 11.7 Å². The van der Waals surface area contributed by atoms with Gasteiger partial charge in [0, 0.05) is 30.6 Å². The lowest BCUT2D eigenvalue weighted by atomic mass is 10.1. The number of aromatic nitrogens is 3. The third-order valence-corrected chi connectivity index (χ3v) is 5.04. The molecule has 0 fully saturated rings. The van der Waals surface area contributed by atoms with Crippen LogP contribution >= 0.6 is 0 Å². The van der Waals surface area contributed by atoms with Crippen molar-refractivity contribution in [1.29, 1.82) is 0 Å². The first-order valence-corrected chi connectivity index (χ1v) is 9.16. The number of hydrogen-bond acceptors (Lipinski definition) is 4. The molecule has 0 saturated heterocycles. The van der Waals surface area contributed by atoms with Crippen molar-refractivity contribution in [2.24, 2.45) is 0 Å². The van der Waals surface area contributed by atoms with Crippen LogP contribution in [0.1, 0.15) is 71.3 Å². The van der Waals surface area contributed by atoms with Gasteiger partial charge < -0.3 is 5.32 Å². The Kier molecular flexibility index (Phi) is 5.20. The van der Waals surface area contributed by atoms with Gasteiger partial charge in [0.2, 0.25) is 5.91 Å². The van der Waals surface area contributed by atoms with E-state index in [0.29, 0.717) is 24.2 Å². The molecule has 1 N–H and O–H groups in total. The Morgan fingerprint density at radius 2 is 2.08 bits per heavy atom. The summed E-state index contributed by atoms with van der Waals surface area (Å²) in [5, 5.41) is 7.42. The lowest BCUT2D eigenvalue weighted by molar-refractivity contribution is -0.122. The predicted octanol–water partition coefficient (Wildman–Crippen LogP) is 2.85. The number of nitrogens with zero attached hydrogens (tertiary/aromatic N) is 3. The number of ketones is 1. The Morgan fingerprint density at radius 3 is 2.77 bits per heavy atom. The molecule has 0 aliphatic heterocycles. The molecule has 1 unspecified atom stereocenters. The van der Waals surface area contributed by atoms with Gasteiger partial charge in [0.05, 0.1) is 17.3 Å². The lowest BCUT2D eigenvalue weighted by Gasteiger charge is -2.14. The normalized spacial score (nSPS) is 14.2. The molecule has 2 aromatic heterocycles. The highest BCUT2D eigenvalue weighted by Crippen LogP contribution is 2.21. The third-order valence-electron chi connectivity index (χ3n) is 5.04. The summed E-state index contributed by atoms with van der Waals surface area (Å²) in [5.41, 5.74) is 5.73. The SMILES string of the molecule is CC(=O)c1c(C)nn(C(C)CC(=O)NCc2cnc3c(c2)CCC3)c1C. The molecule has 0 radical (unpaired) electrons. The maximum Gasteiger partial charge on any atom is 0.222 e. The molecule has 0 saturated carbocycles. The highest BCUT2D eigenvalue weighted by atomic mass is 16.1. The molecule has 0 spiro atoms. The van der Waals surface area contributed by atoms with Gasteiger partial charge in [0.1, 0.15) is 0 Å². The molecular formula is C20H26N4O2. The van der Waals surface area contributed by atoms with Crippen LogP contribution in [0.2, 0.25) is 0 Å². The molecular weight excluding hydrogens is 328 g/mol. The molecule has 3 rings (SSSR count). The molecule has 6 heteroatoms. The highest BCUT2D eigenvalue weighted by molar-refractivity contribution is 5.96. The van der Waals surface area contributed by atoms with Gasteiger partial charge in [-0.15, -0.1) is 0 Å². The van der Waals surface area contributed by atoms with Crippen LogP contribution < -0.4 is 5.32 Å². The number of fused-ring (bicyclic) bond motifs is 1. The Hall–Kier alpha value is -2.50. The van der Waals surface area contributed by atoms with Gasteiger partial charge in [0.25, 0.3) is 0 Å². The minimum atomic E-state index is -0.111. The lowest BCUT2D eigenvalue weighted by Crippen LogP contribution is -2.26. The van der Waals surface area contributed by atoms with Crippen LogP contribution in [0.3, 0.4) is 0 Å². The van der Waals surface area contributed by atoms with Gasteiger partial charge in [-0.3, -0.25) is 19.3 Å². The van der Waals surface area contributed by atoms with E-state index < -0.39 is 0 Å². The largest absolute Gasteiger partial charge is 0.352 e. The molecule has 1 aliphatic rings. The average molecular weight is 354 g/mol. The van der Waals surface area contributed by atoms with E-state index >= 15 is 0 Å². The fraction of sp³-hybridized carbons (Fsp3) is 0.500. The first kappa shape index (κ1) is 18.3. The maximum absolute atomic E-state index is 12.3. The molecule has 2 aromatic rings. The Labute approximate surface area is 154 Å². The number of carbonyl (C=O) groups excluding carboxylic acids is 2. The number of amides is 1. The number of pyridine rings is 1. The number of Topliss-reactive ketones (excluding diaryl/α,β-unsaturated/α-hetero) is 1. The topological polar surface area (TPSA) is 76.9 Å². The van der Waals surface area contributed by atoms with E-state index in [0.717, 1.165) is 24.1 Å². The highest BCUT2D eigenvalue weighted by Gasteiger charge is 2.20. The number of carbonyl (C=O) groups is 2. The zero-order valence-corrected chi connectivity index (χ0v) is 15.9. The van der Waals surface area contributed by atoms with Crippen molar-refractivity contribution in [2.45, 2.75) is 66.0 Å². The van der Waals surface area contributed by atoms with Crippen LogP contribution in [0.15, 0.2) is 12.3 Å². The Balaban J connectivity index is 1.60. The second-order valence-electron chi connectivity index (χ2n) is 7.18. The average Bonchev–Trinajstić information content (AvgIpc) is 3.16. The minimum Gasteiger partial charge on any atom is -0.352 e. The Bertz CT molecular complexity index is 854. The summed E-state index contributed by atoms with van der Waals surface area (Å²) in [4.78, 5) is 28.6. The van der Waals surface area contributed by atoms with Gasteiger partial charge >= 0.3 is 0 Å². The predicted molar refractivity (Wildman–Crippen MR) is 99.1 cm³/mol. The second kappa shape index (κ2) is 7.40. The van der Waals surface area contributed by atoms with Gasteiger partial charge in [-0.2, -0.15) is 5.10 Å². The van der Waals surface area contributed by atoms with Crippen LogP contribution in [-0.2, 0) is 24.2 Å². The van der Waals surface area contributed by atoms with Crippen LogP contribution in [0.4, 0.5) is 0 Å². The monoisotopic (exact) mass is 354 g/mol. The number of hydrogen-bond donors (Lipinski definition) is 1. The number of aryl methyl sites for hydroxylation is 3. The van der Waals surface area contributed by atoms with Gasteiger partial charge in [0.15, 0.2) is 5.78 Å². The maximum atomic E-state index is 12.3. The minimum absolute atomic E-state index is 0.00649. The molecule has 1 aliphatic carbocycles. The van der Waals surface area contributed by atoms with E-state index in [-0.39, 0.29) is 17.7 Å². The number of nitrogens with one attached hydrogen (secondary N) is 1. The van der Waals surface area contributed by atoms with E-state index in [9.17, 15) is 9.59 Å². The second-order valence-corrected chi connectivity index (χ2v) is 7.18. The molecule has 138 valence electrons. The van der Waals surface area contributed by atoms with Crippen LogP contribution in [0, 0.1) is 13.8 Å². The fourth-order valence-corrected chi connectivity index (χ4v) is 3.80. The summed E-state index contributed by atoms with van der Waals surface area (Å²) in [6.45, 7) is 7.68. The summed E-state index contributed by atoms with van der Waals surface area (Å²) >= 11 is 0. The summed E-state index contributed by atoms with van der Waals surface area (Å²) in [6, 6.07) is 2.04. The third kappa shape index (κ3) is 3.69. The van der Waals surface area contributed by atoms with Crippen molar-refractivity contribution in [2.75, 3.05) is 0 Å². The zero-order valence-electron chi connectivity index (χ0n) is 15.9. The van der Waals surface area contributed by atoms with Crippen molar-refractivity contribution in [1.82, 2.24) is 20.1 Å². The summed E-state index contributed by atoms with van der Waals surface area (Å²) in [7, 11) is 0. The van der Waals surface area contributed by atoms with E-state index in [2.05, 4.69) is 21.5 Å². The molecule has 0 bridgehead atoms. The van der Waals surface area contributed by atoms with Gasteiger partial charge in [-0.25, -0.2) is 0 Å². The van der Waals surface area contributed by atoms with Crippen LogP contribution in [0.5, 0.6) is 0 Å². The molecule has 2 heterocycles. The van der Waals surface area contributed by atoms with Gasteiger partial charge in [-0.05, 0) is 58.1 Å². The molecule has 0 aromatic carbocycles. The van der Waals surface area contributed by atoms with Crippen molar-refractivity contribution < 1.29 is 9.59 Å². The van der Waals surface area contributed by atoms with E-state index in [1.807, 2.05) is 27.0 Å². The first-order chi connectivity index (χ1) is 12.4. The van der Waals surface area contributed by atoms with Crippen molar-refractivity contribution in [3.8, 4) is 0 Å². The van der Waals surface area contributed by atoms with E-state index in [1.54, 1.807) is 11.6 Å². The molecule has 1 amide bonds. The first-order valence-electron chi connectivity index (χ1n) is 9.16. The zero-order chi connectivity index (χ0) is 18.8. The van der Waals surface area contributed by atoms with E-state index in [4.69, 9.17) is 0 Å². The molecule has 26 heavy (non-hydrogen) atoms. The quantitative estimate of drug-likeness (QED) is 0.809. The molecule has 6 nitrogen and oxygen atoms in total. The fourth-order valence-electron chi connectivity index (χ4n) is 3.80. The van der Waals surface area contributed by atoms with Crippen molar-refractivity contribution in [3.63, 3.8) is 0 Å². The summed E-state index contributed by atoms with van der Waals surface area (Å²) in [5.74, 6) is -0.0260. The summed E-state index contributed by atoms with van der Waals surface area (Å²) < 4.78 is 1.78. The van der Waals surface area contributed by atoms with Crippen LogP contribution in [-0.4, -0.2) is 26.5 Å². The standard InChI is InChI=1S/C20H26N4O2/c1-12(24-14(3)20(15(4)25)13(2)23-24)8-19(26)22-11-16-9-17-6-5-7-18(17)21-10-16/h9-10,12H,5-8,11H2,1-4H3,(H,22,26).